The molecule has 0 bridgehead atoms. The van der Waals surface area contributed by atoms with Gasteiger partial charge in [0.2, 0.25) is 0 Å². The van der Waals surface area contributed by atoms with Crippen molar-refractivity contribution in [3.63, 3.8) is 0 Å². The van der Waals surface area contributed by atoms with Crippen LogP contribution in [0.5, 0.6) is 0 Å². The minimum Gasteiger partial charge on any atom is -0.393 e. The van der Waals surface area contributed by atoms with Gasteiger partial charge < -0.3 is 16.0 Å². The van der Waals surface area contributed by atoms with Crippen molar-refractivity contribution in [3.8, 4) is 0 Å². The number of carbonyl (C=O) groups excluding carboxylic acids is 1. The monoisotopic (exact) mass is 281 g/mol. The summed E-state index contributed by atoms with van der Waals surface area (Å²) >= 11 is 4.86. The molecule has 0 aromatic carbocycles. The molecule has 0 fully saturated rings. The van der Waals surface area contributed by atoms with Crippen LogP contribution in [0.4, 0.5) is 5.82 Å². The number of nitrogens with one attached hydrogen (secondary N) is 1. The van der Waals surface area contributed by atoms with Crippen LogP contribution in [0, 0.1) is 0 Å². The van der Waals surface area contributed by atoms with Gasteiger partial charge >= 0.3 is 0 Å². The van der Waals surface area contributed by atoms with Crippen molar-refractivity contribution in [3.05, 3.63) is 17.8 Å². The first-order valence-electron chi connectivity index (χ1n) is 6.23. The lowest BCUT2D eigenvalue weighted by atomic mass is 10.3. The van der Waals surface area contributed by atoms with Crippen LogP contribution in [0.25, 0.3) is 0 Å². The van der Waals surface area contributed by atoms with E-state index in [1.54, 1.807) is 12.1 Å². The Morgan fingerprint density at radius 1 is 1.42 bits per heavy atom. The summed E-state index contributed by atoms with van der Waals surface area (Å²) in [6.45, 7) is 5.91. The van der Waals surface area contributed by atoms with Gasteiger partial charge in [-0.2, -0.15) is 0 Å². The summed E-state index contributed by atoms with van der Waals surface area (Å²) in [5.74, 6) is 0.500. The van der Waals surface area contributed by atoms with Gasteiger partial charge in [-0.25, -0.2) is 0 Å². The third kappa shape index (κ3) is 4.78. The molecule has 7 heteroatoms. The van der Waals surface area contributed by atoms with E-state index in [0.717, 1.165) is 6.54 Å². The molecule has 1 heterocycles. The number of hydrogen-bond acceptors (Lipinski definition) is 5. The van der Waals surface area contributed by atoms with E-state index in [1.807, 2.05) is 18.7 Å². The summed E-state index contributed by atoms with van der Waals surface area (Å²) in [6.07, 6.45) is 0.628. The molecule has 0 aliphatic rings. The lowest BCUT2D eigenvalue weighted by molar-refractivity contribution is 0.0950. The van der Waals surface area contributed by atoms with Crippen LogP contribution in [-0.4, -0.2) is 40.7 Å². The van der Waals surface area contributed by atoms with Crippen LogP contribution in [-0.2, 0) is 0 Å². The van der Waals surface area contributed by atoms with Crippen molar-refractivity contribution in [2.45, 2.75) is 20.3 Å². The Morgan fingerprint density at radius 2 is 2.16 bits per heavy atom. The van der Waals surface area contributed by atoms with Gasteiger partial charge in [0.05, 0.1) is 4.99 Å². The quantitative estimate of drug-likeness (QED) is 0.717. The third-order valence-electron chi connectivity index (χ3n) is 2.55. The zero-order valence-electron chi connectivity index (χ0n) is 11.2. The minimum atomic E-state index is -0.215. The van der Waals surface area contributed by atoms with E-state index >= 15 is 0 Å². The van der Waals surface area contributed by atoms with E-state index in [4.69, 9.17) is 18.0 Å². The highest BCUT2D eigenvalue weighted by atomic mass is 32.1. The molecule has 0 radical (unpaired) electrons. The number of nitrogens with zero attached hydrogens (tertiary/aromatic N) is 3. The molecule has 0 aliphatic heterocycles. The molecule has 0 aliphatic carbocycles. The predicted octanol–water partition coefficient (Wildman–Crippen LogP) is 0.729. The van der Waals surface area contributed by atoms with Gasteiger partial charge in [-0.15, -0.1) is 10.2 Å². The number of rotatable bonds is 7. The van der Waals surface area contributed by atoms with E-state index in [9.17, 15) is 4.79 Å². The highest BCUT2D eigenvalue weighted by Gasteiger charge is 2.10. The Labute approximate surface area is 118 Å². The molecule has 6 nitrogen and oxygen atoms in total. The SMILES string of the molecule is CCNC(=O)c1ccc(N(CC)CCC(N)=S)nn1. The van der Waals surface area contributed by atoms with E-state index in [-0.39, 0.29) is 5.91 Å². The first-order valence-corrected chi connectivity index (χ1v) is 6.64. The fourth-order valence-corrected chi connectivity index (χ4v) is 1.64. The van der Waals surface area contributed by atoms with Crippen LogP contribution in [0.2, 0.25) is 0 Å². The van der Waals surface area contributed by atoms with Crippen molar-refractivity contribution in [2.75, 3.05) is 24.5 Å². The van der Waals surface area contributed by atoms with Crippen LogP contribution < -0.4 is 16.0 Å². The maximum Gasteiger partial charge on any atom is 0.271 e. The Balaban J connectivity index is 2.72. The molecule has 1 amide bonds. The fourth-order valence-electron chi connectivity index (χ4n) is 1.55. The standard InChI is InChI=1S/C12H19N5OS/c1-3-14-12(18)9-5-6-11(16-15-9)17(4-2)8-7-10(13)19/h5-6H,3-4,7-8H2,1-2H3,(H2,13,19)(H,14,18). The summed E-state index contributed by atoms with van der Waals surface area (Å²) in [4.78, 5) is 14.0. The molecule has 0 atom stereocenters. The van der Waals surface area contributed by atoms with Crippen molar-refractivity contribution in [1.82, 2.24) is 15.5 Å². The lowest BCUT2D eigenvalue weighted by Gasteiger charge is -2.20. The van der Waals surface area contributed by atoms with E-state index in [2.05, 4.69) is 15.5 Å². The third-order valence-corrected chi connectivity index (χ3v) is 2.76. The Bertz CT molecular complexity index is 434. The second-order valence-corrected chi connectivity index (χ2v) is 4.46. The Hall–Kier alpha value is -1.76. The van der Waals surface area contributed by atoms with Gasteiger partial charge in [-0.3, -0.25) is 4.79 Å². The average molecular weight is 281 g/mol. The molecule has 0 unspecified atom stereocenters. The first kappa shape index (κ1) is 15.3. The normalized spacial score (nSPS) is 10.0. The van der Waals surface area contributed by atoms with Gasteiger partial charge in [0.25, 0.3) is 5.91 Å². The molecule has 3 N–H and O–H groups in total. The molecule has 1 aromatic heterocycles. The van der Waals surface area contributed by atoms with Gasteiger partial charge in [0.1, 0.15) is 0 Å². The summed E-state index contributed by atoms with van der Waals surface area (Å²) in [7, 11) is 0. The van der Waals surface area contributed by atoms with E-state index in [0.29, 0.717) is 36.0 Å². The lowest BCUT2D eigenvalue weighted by Crippen LogP contribution is -2.29. The molecule has 1 rings (SSSR count). The number of nitrogens with two attached hydrogens (primary N) is 1. The smallest absolute Gasteiger partial charge is 0.271 e. The minimum absolute atomic E-state index is 0.215. The van der Waals surface area contributed by atoms with E-state index < -0.39 is 0 Å². The van der Waals surface area contributed by atoms with Crippen LogP contribution in [0.1, 0.15) is 30.8 Å². The number of hydrogen-bond donors (Lipinski definition) is 2. The second-order valence-electron chi connectivity index (χ2n) is 3.93. The number of aromatic nitrogens is 2. The molecule has 1 aromatic rings. The number of thiocarbonyl (C=S) groups is 1. The van der Waals surface area contributed by atoms with Crippen molar-refractivity contribution < 1.29 is 4.79 Å². The summed E-state index contributed by atoms with van der Waals surface area (Å²) in [5.41, 5.74) is 5.80. The Morgan fingerprint density at radius 3 is 2.63 bits per heavy atom. The summed E-state index contributed by atoms with van der Waals surface area (Å²) in [5, 5.41) is 10.7. The predicted molar refractivity (Wildman–Crippen MR) is 79.3 cm³/mol. The molecule has 19 heavy (non-hydrogen) atoms. The van der Waals surface area contributed by atoms with Crippen LogP contribution in [0.15, 0.2) is 12.1 Å². The van der Waals surface area contributed by atoms with Crippen LogP contribution >= 0.6 is 12.2 Å². The number of anilines is 1. The van der Waals surface area contributed by atoms with Gasteiger partial charge in [0.15, 0.2) is 11.5 Å². The number of carbonyl (C=O) groups is 1. The molecule has 104 valence electrons. The highest BCUT2D eigenvalue weighted by molar-refractivity contribution is 7.80. The second kappa shape index (κ2) is 7.63. The van der Waals surface area contributed by atoms with Gasteiger partial charge in [-0.1, -0.05) is 12.2 Å². The van der Waals surface area contributed by atoms with E-state index in [1.165, 1.54) is 0 Å². The molecule has 0 saturated carbocycles. The van der Waals surface area contributed by atoms with Crippen molar-refractivity contribution in [1.29, 1.82) is 0 Å². The highest BCUT2D eigenvalue weighted by Crippen LogP contribution is 2.09. The van der Waals surface area contributed by atoms with Crippen molar-refractivity contribution in [2.24, 2.45) is 5.73 Å². The largest absolute Gasteiger partial charge is 0.393 e. The van der Waals surface area contributed by atoms with Gasteiger partial charge in [0, 0.05) is 26.1 Å². The average Bonchev–Trinajstić information content (AvgIpc) is 2.40. The van der Waals surface area contributed by atoms with Gasteiger partial charge in [-0.05, 0) is 26.0 Å². The topological polar surface area (TPSA) is 84.1 Å². The molecular weight excluding hydrogens is 262 g/mol. The molecule has 0 spiro atoms. The van der Waals surface area contributed by atoms with Crippen molar-refractivity contribution >= 4 is 28.9 Å². The Kier molecular flexibility index (Phi) is 6.14. The van der Waals surface area contributed by atoms with Crippen LogP contribution in [0.3, 0.4) is 0 Å². The maximum atomic E-state index is 11.5. The molecule has 0 saturated heterocycles. The fraction of sp³-hybridized carbons (Fsp3) is 0.500. The molecular formula is C12H19N5OS. The summed E-state index contributed by atoms with van der Waals surface area (Å²) in [6, 6.07) is 3.44. The number of amides is 1. The zero-order chi connectivity index (χ0) is 14.3. The summed E-state index contributed by atoms with van der Waals surface area (Å²) < 4.78 is 0. The first-order chi connectivity index (χ1) is 9.08. The maximum absolute atomic E-state index is 11.5. The zero-order valence-corrected chi connectivity index (χ0v) is 12.0.